The van der Waals surface area contributed by atoms with Gasteiger partial charge in [-0.25, -0.2) is 0 Å². The first-order valence-electron chi connectivity index (χ1n) is 6.56. The highest BCUT2D eigenvalue weighted by molar-refractivity contribution is 5.92. The molecule has 2 aromatic rings. The van der Waals surface area contributed by atoms with Gasteiger partial charge in [-0.15, -0.1) is 0 Å². The van der Waals surface area contributed by atoms with Gasteiger partial charge < -0.3 is 9.64 Å². The number of ether oxygens (including phenoxy) is 1. The van der Waals surface area contributed by atoms with Crippen molar-refractivity contribution in [1.29, 1.82) is 5.26 Å². The van der Waals surface area contributed by atoms with Gasteiger partial charge in [-0.2, -0.15) is 5.26 Å². The Balaban J connectivity index is 2.11. The zero-order valence-electron chi connectivity index (χ0n) is 11.3. The monoisotopic (exact) mass is 267 g/mol. The number of aromatic nitrogens is 2. The second-order valence-corrected chi connectivity index (χ2v) is 4.97. The molecule has 0 aliphatic carbocycles. The van der Waals surface area contributed by atoms with Crippen molar-refractivity contribution in [3.8, 4) is 6.07 Å². The van der Waals surface area contributed by atoms with E-state index in [1.54, 1.807) is 18.5 Å². The van der Waals surface area contributed by atoms with Gasteiger partial charge in [0, 0.05) is 25.5 Å². The minimum atomic E-state index is -0.0684. The van der Waals surface area contributed by atoms with E-state index in [1.807, 2.05) is 13.0 Å². The van der Waals surface area contributed by atoms with Crippen molar-refractivity contribution in [2.75, 3.05) is 18.0 Å². The van der Waals surface area contributed by atoms with Crippen LogP contribution in [-0.4, -0.2) is 35.3 Å². The van der Waals surface area contributed by atoms with Crippen LogP contribution in [0.25, 0.3) is 11.0 Å². The fraction of sp³-hybridized carbons (Fsp3) is 0.333. The summed E-state index contributed by atoms with van der Waals surface area (Å²) < 4.78 is 5.65. The van der Waals surface area contributed by atoms with Gasteiger partial charge in [0.05, 0.1) is 23.5 Å². The molecule has 101 valence electrons. The van der Waals surface area contributed by atoms with E-state index in [4.69, 9.17) is 10.00 Å². The lowest BCUT2D eigenvalue weighted by Gasteiger charge is -2.37. The molecule has 0 saturated carbocycles. The van der Waals surface area contributed by atoms with Gasteiger partial charge >= 0.3 is 0 Å². The molecular formula is C15H15N4O. The molecule has 1 aliphatic heterocycles. The lowest BCUT2D eigenvalue weighted by Crippen LogP contribution is -2.45. The smallest absolute Gasteiger partial charge is 0.113 e. The normalized spacial score (nSPS) is 22.8. The lowest BCUT2D eigenvalue weighted by atomic mass is 10.1. The summed E-state index contributed by atoms with van der Waals surface area (Å²) in [5, 5.41) is 9.16. The predicted octanol–water partition coefficient (Wildman–Crippen LogP) is 1.93. The van der Waals surface area contributed by atoms with Crippen LogP contribution in [0.1, 0.15) is 12.5 Å². The molecule has 5 nitrogen and oxygen atoms in total. The van der Waals surface area contributed by atoms with E-state index in [0.29, 0.717) is 17.6 Å². The number of hydrogen-bond acceptors (Lipinski definition) is 5. The van der Waals surface area contributed by atoms with Crippen molar-refractivity contribution in [1.82, 2.24) is 9.97 Å². The fourth-order valence-electron chi connectivity index (χ4n) is 2.63. The van der Waals surface area contributed by atoms with Crippen LogP contribution in [0.3, 0.4) is 0 Å². The molecule has 0 amide bonds. The maximum atomic E-state index is 9.16. The molecule has 0 spiro atoms. The van der Waals surface area contributed by atoms with Crippen LogP contribution in [0, 0.1) is 18.3 Å². The molecule has 5 heteroatoms. The van der Waals surface area contributed by atoms with Crippen LogP contribution < -0.4 is 4.90 Å². The van der Waals surface area contributed by atoms with Crippen LogP contribution >= 0.6 is 0 Å². The van der Waals surface area contributed by atoms with Crippen molar-refractivity contribution in [2.24, 2.45) is 0 Å². The highest BCUT2D eigenvalue weighted by atomic mass is 16.5. The Morgan fingerprint density at radius 1 is 1.30 bits per heavy atom. The summed E-state index contributed by atoms with van der Waals surface area (Å²) in [5.74, 6) is 0. The van der Waals surface area contributed by atoms with E-state index in [9.17, 15) is 0 Å². The van der Waals surface area contributed by atoms with E-state index in [1.165, 1.54) is 0 Å². The molecule has 2 atom stereocenters. The zero-order chi connectivity index (χ0) is 14.1. The summed E-state index contributed by atoms with van der Waals surface area (Å²) in [6.45, 7) is 7.51. The van der Waals surface area contributed by atoms with Gasteiger partial charge in [-0.1, -0.05) is 0 Å². The summed E-state index contributed by atoms with van der Waals surface area (Å²) in [7, 11) is 0. The maximum absolute atomic E-state index is 9.16. The van der Waals surface area contributed by atoms with E-state index in [-0.39, 0.29) is 12.2 Å². The molecule has 1 aromatic heterocycles. The second-order valence-electron chi connectivity index (χ2n) is 4.97. The molecule has 1 fully saturated rings. The van der Waals surface area contributed by atoms with Gasteiger partial charge in [0.25, 0.3) is 0 Å². The van der Waals surface area contributed by atoms with E-state index in [2.05, 4.69) is 27.9 Å². The first-order valence-corrected chi connectivity index (χ1v) is 6.56. The van der Waals surface area contributed by atoms with E-state index < -0.39 is 0 Å². The first-order chi connectivity index (χ1) is 9.69. The van der Waals surface area contributed by atoms with Gasteiger partial charge in [-0.3, -0.25) is 9.97 Å². The molecule has 0 unspecified atom stereocenters. The van der Waals surface area contributed by atoms with Crippen LogP contribution in [0.15, 0.2) is 24.5 Å². The minimum Gasteiger partial charge on any atom is -0.372 e. The SMILES string of the molecule is [CH2][C@@H]1CN(c2ccc(C#N)c3nccnc23)C[C@@H](C)O1. The molecule has 0 N–H and O–H groups in total. The van der Waals surface area contributed by atoms with Crippen LogP contribution in [0.5, 0.6) is 0 Å². The summed E-state index contributed by atoms with van der Waals surface area (Å²) >= 11 is 0. The summed E-state index contributed by atoms with van der Waals surface area (Å²) in [6, 6.07) is 5.89. The number of benzene rings is 1. The Hall–Kier alpha value is -2.19. The van der Waals surface area contributed by atoms with Crippen molar-refractivity contribution in [2.45, 2.75) is 19.1 Å². The van der Waals surface area contributed by atoms with Crippen LogP contribution in [0.4, 0.5) is 5.69 Å². The largest absolute Gasteiger partial charge is 0.372 e. The Morgan fingerprint density at radius 3 is 2.75 bits per heavy atom. The number of nitrogens with zero attached hydrogens (tertiary/aromatic N) is 4. The van der Waals surface area contributed by atoms with E-state index in [0.717, 1.165) is 17.7 Å². The number of anilines is 1. The Bertz CT molecular complexity index is 669. The van der Waals surface area contributed by atoms with Crippen molar-refractivity contribution < 1.29 is 4.74 Å². The van der Waals surface area contributed by atoms with E-state index >= 15 is 0 Å². The zero-order valence-corrected chi connectivity index (χ0v) is 11.3. The maximum Gasteiger partial charge on any atom is 0.113 e. The van der Waals surface area contributed by atoms with Crippen LogP contribution in [-0.2, 0) is 4.74 Å². The molecule has 1 aromatic carbocycles. The molecule has 2 heterocycles. The topological polar surface area (TPSA) is 62.0 Å². The van der Waals surface area contributed by atoms with Crippen LogP contribution in [0.2, 0.25) is 0 Å². The molecule has 0 bridgehead atoms. The highest BCUT2D eigenvalue weighted by Crippen LogP contribution is 2.28. The van der Waals surface area contributed by atoms with Crippen molar-refractivity contribution >= 4 is 16.7 Å². The third-order valence-corrected chi connectivity index (χ3v) is 3.39. The average molecular weight is 267 g/mol. The number of fused-ring (bicyclic) bond motifs is 1. The fourth-order valence-corrected chi connectivity index (χ4v) is 2.63. The van der Waals surface area contributed by atoms with Crippen molar-refractivity contribution in [3.05, 3.63) is 37.0 Å². The molecule has 20 heavy (non-hydrogen) atoms. The first kappa shape index (κ1) is 12.8. The third kappa shape index (κ3) is 2.19. The van der Waals surface area contributed by atoms with Gasteiger partial charge in [0.1, 0.15) is 17.1 Å². The van der Waals surface area contributed by atoms with Gasteiger partial charge in [0.2, 0.25) is 0 Å². The molecule has 1 saturated heterocycles. The Labute approximate surface area is 117 Å². The summed E-state index contributed by atoms with van der Waals surface area (Å²) in [6.07, 6.45) is 3.31. The van der Waals surface area contributed by atoms with Crippen molar-refractivity contribution in [3.63, 3.8) is 0 Å². The summed E-state index contributed by atoms with van der Waals surface area (Å²) in [5.41, 5.74) is 2.93. The third-order valence-electron chi connectivity index (χ3n) is 3.39. The number of hydrogen-bond donors (Lipinski definition) is 0. The Kier molecular flexibility index (Phi) is 3.25. The number of nitriles is 1. The molecule has 1 radical (unpaired) electrons. The predicted molar refractivity (Wildman–Crippen MR) is 76.2 cm³/mol. The molecule has 3 rings (SSSR count). The molecule has 1 aliphatic rings. The molecular weight excluding hydrogens is 252 g/mol. The quantitative estimate of drug-likeness (QED) is 0.790. The second kappa shape index (κ2) is 5.06. The Morgan fingerprint density at radius 2 is 2.05 bits per heavy atom. The highest BCUT2D eigenvalue weighted by Gasteiger charge is 2.24. The average Bonchev–Trinajstić information content (AvgIpc) is 2.45. The van der Waals surface area contributed by atoms with Gasteiger partial charge in [-0.05, 0) is 26.0 Å². The minimum absolute atomic E-state index is 0.0684. The van der Waals surface area contributed by atoms with Gasteiger partial charge in [0.15, 0.2) is 0 Å². The summed E-state index contributed by atoms with van der Waals surface area (Å²) in [4.78, 5) is 10.9. The number of morpholine rings is 1. The standard InChI is InChI=1S/C15H15N4O/c1-10-8-19(9-11(2)20-10)13-4-3-12(7-16)14-15(13)18-6-5-17-14/h3-6,10-11H,1,8-9H2,2H3/t10-,11-/m1/s1. The number of rotatable bonds is 1. The lowest BCUT2D eigenvalue weighted by molar-refractivity contribution is 0.00879.